The second kappa shape index (κ2) is 5.53. The zero-order chi connectivity index (χ0) is 14.8. The maximum absolute atomic E-state index is 12.3. The number of H-pyrrole nitrogens is 1. The molecule has 0 aliphatic carbocycles. The van der Waals surface area contributed by atoms with Crippen LogP contribution in [0.5, 0.6) is 0 Å². The average molecular weight is 289 g/mol. The lowest BCUT2D eigenvalue weighted by atomic mass is 10.1. The fourth-order valence-corrected chi connectivity index (χ4v) is 2.52. The van der Waals surface area contributed by atoms with Gasteiger partial charge >= 0.3 is 0 Å². The monoisotopic (exact) mass is 289 g/mol. The summed E-state index contributed by atoms with van der Waals surface area (Å²) >= 11 is 0. The number of ether oxygens (including phenoxy) is 1. The first-order valence-corrected chi connectivity index (χ1v) is 6.79. The van der Waals surface area contributed by atoms with Crippen LogP contribution in [0.2, 0.25) is 0 Å². The minimum absolute atomic E-state index is 0.000683. The van der Waals surface area contributed by atoms with Gasteiger partial charge < -0.3 is 15.0 Å². The van der Waals surface area contributed by atoms with Crippen LogP contribution >= 0.6 is 0 Å². The third-order valence-electron chi connectivity index (χ3n) is 3.68. The van der Waals surface area contributed by atoms with E-state index in [1.165, 1.54) is 12.1 Å². The van der Waals surface area contributed by atoms with Gasteiger partial charge in [0.2, 0.25) is 0 Å². The summed E-state index contributed by atoms with van der Waals surface area (Å²) in [5.41, 5.74) is 1.09. The first-order valence-electron chi connectivity index (χ1n) is 6.79. The van der Waals surface area contributed by atoms with E-state index in [0.29, 0.717) is 29.7 Å². The molecular weight excluding hydrogens is 274 g/mol. The molecule has 21 heavy (non-hydrogen) atoms. The van der Waals surface area contributed by atoms with E-state index in [4.69, 9.17) is 4.74 Å². The highest BCUT2D eigenvalue weighted by Gasteiger charge is 2.19. The van der Waals surface area contributed by atoms with Crippen molar-refractivity contribution in [1.29, 1.82) is 0 Å². The van der Waals surface area contributed by atoms with Crippen LogP contribution in [-0.4, -0.2) is 35.1 Å². The van der Waals surface area contributed by atoms with E-state index in [9.17, 15) is 14.9 Å². The molecular formula is C14H15N3O4. The molecule has 7 heteroatoms. The van der Waals surface area contributed by atoms with Crippen molar-refractivity contribution in [2.75, 3.05) is 13.2 Å². The highest BCUT2D eigenvalue weighted by atomic mass is 16.6. The van der Waals surface area contributed by atoms with E-state index >= 15 is 0 Å². The number of hydrogen-bond acceptors (Lipinski definition) is 4. The Bertz CT molecular complexity index is 689. The maximum Gasteiger partial charge on any atom is 0.271 e. The highest BCUT2D eigenvalue weighted by molar-refractivity contribution is 6.07. The third kappa shape index (κ3) is 2.73. The summed E-state index contributed by atoms with van der Waals surface area (Å²) in [6, 6.07) is 4.56. The summed E-state index contributed by atoms with van der Waals surface area (Å²) in [4.78, 5) is 25.5. The number of non-ortho nitro benzene ring substituents is 1. The van der Waals surface area contributed by atoms with E-state index in [1.807, 2.05) is 0 Å². The lowest BCUT2D eigenvalue weighted by molar-refractivity contribution is -0.384. The van der Waals surface area contributed by atoms with Crippen LogP contribution in [0.4, 0.5) is 5.69 Å². The van der Waals surface area contributed by atoms with Crippen molar-refractivity contribution in [2.24, 2.45) is 0 Å². The Balaban J connectivity index is 1.83. The molecule has 2 aromatic rings. The molecule has 1 amide bonds. The first-order chi connectivity index (χ1) is 10.1. The van der Waals surface area contributed by atoms with E-state index in [2.05, 4.69) is 10.3 Å². The number of carbonyl (C=O) groups is 1. The van der Waals surface area contributed by atoms with Crippen LogP contribution in [-0.2, 0) is 4.74 Å². The fraction of sp³-hybridized carbons (Fsp3) is 0.357. The van der Waals surface area contributed by atoms with Gasteiger partial charge in [-0.1, -0.05) is 0 Å². The molecule has 1 aromatic carbocycles. The number of nitro benzene ring substituents is 1. The molecule has 110 valence electrons. The number of hydrogen-bond donors (Lipinski definition) is 2. The molecule has 1 aromatic heterocycles. The number of aromatic amines is 1. The van der Waals surface area contributed by atoms with Gasteiger partial charge in [-0.2, -0.15) is 0 Å². The van der Waals surface area contributed by atoms with Gasteiger partial charge in [-0.25, -0.2) is 0 Å². The number of rotatable bonds is 3. The van der Waals surface area contributed by atoms with Gasteiger partial charge in [0, 0.05) is 43.0 Å². The van der Waals surface area contributed by atoms with Gasteiger partial charge in [0.15, 0.2) is 0 Å². The summed E-state index contributed by atoms with van der Waals surface area (Å²) in [6.45, 7) is 1.32. The Hall–Kier alpha value is -2.41. The number of aromatic nitrogens is 1. The Morgan fingerprint density at radius 1 is 1.38 bits per heavy atom. The fourth-order valence-electron chi connectivity index (χ4n) is 2.52. The number of nitro groups is 1. The minimum atomic E-state index is -0.456. The quantitative estimate of drug-likeness (QED) is 0.667. The molecule has 1 aliphatic heterocycles. The molecule has 1 saturated heterocycles. The third-order valence-corrected chi connectivity index (χ3v) is 3.68. The minimum Gasteiger partial charge on any atom is -0.381 e. The molecule has 0 unspecified atom stereocenters. The number of nitrogens with one attached hydrogen (secondary N) is 2. The van der Waals surface area contributed by atoms with Crippen LogP contribution in [0.1, 0.15) is 23.2 Å². The van der Waals surface area contributed by atoms with Crippen LogP contribution in [0.25, 0.3) is 10.9 Å². The van der Waals surface area contributed by atoms with Gasteiger partial charge in [-0.15, -0.1) is 0 Å². The van der Waals surface area contributed by atoms with E-state index < -0.39 is 4.92 Å². The Labute approximate surface area is 120 Å². The van der Waals surface area contributed by atoms with Crippen LogP contribution in [0.3, 0.4) is 0 Å². The topological polar surface area (TPSA) is 97.3 Å². The zero-order valence-electron chi connectivity index (χ0n) is 11.3. The molecule has 0 bridgehead atoms. The second-order valence-corrected chi connectivity index (χ2v) is 5.05. The van der Waals surface area contributed by atoms with Gasteiger partial charge in [-0.05, 0) is 18.9 Å². The van der Waals surface area contributed by atoms with Crippen molar-refractivity contribution >= 4 is 22.5 Å². The van der Waals surface area contributed by atoms with Crippen LogP contribution in [0.15, 0.2) is 24.4 Å². The summed E-state index contributed by atoms with van der Waals surface area (Å²) in [6.07, 6.45) is 3.20. The lowest BCUT2D eigenvalue weighted by Gasteiger charge is -2.22. The standard InChI is InChI=1S/C14H15N3O4/c18-14(16-9-3-5-21-6-4-9)12-8-15-13-7-10(17(19)20)1-2-11(12)13/h1-2,7-9,15H,3-6H2,(H,16,18). The summed E-state index contributed by atoms with van der Waals surface area (Å²) < 4.78 is 5.26. The number of amides is 1. The first kappa shape index (κ1) is 13.6. The summed E-state index contributed by atoms with van der Waals surface area (Å²) in [7, 11) is 0. The van der Waals surface area contributed by atoms with Crippen molar-refractivity contribution in [3.8, 4) is 0 Å². The molecule has 0 spiro atoms. The van der Waals surface area contributed by atoms with E-state index in [1.54, 1.807) is 12.3 Å². The van der Waals surface area contributed by atoms with Crippen LogP contribution in [0, 0.1) is 10.1 Å². The molecule has 1 aliphatic rings. The van der Waals surface area contributed by atoms with Gasteiger partial charge in [0.25, 0.3) is 11.6 Å². The summed E-state index contributed by atoms with van der Waals surface area (Å²) in [5, 5.41) is 14.4. The smallest absolute Gasteiger partial charge is 0.271 e. The largest absolute Gasteiger partial charge is 0.381 e. The number of fused-ring (bicyclic) bond motifs is 1. The van der Waals surface area contributed by atoms with Crippen LogP contribution < -0.4 is 5.32 Å². The molecule has 2 heterocycles. The molecule has 1 fully saturated rings. The normalized spacial score (nSPS) is 16.0. The molecule has 0 radical (unpaired) electrons. The SMILES string of the molecule is O=C(NC1CCOCC1)c1c[nH]c2cc([N+](=O)[O-])ccc12. The highest BCUT2D eigenvalue weighted by Crippen LogP contribution is 2.23. The molecule has 3 rings (SSSR count). The Morgan fingerprint density at radius 2 is 2.14 bits per heavy atom. The lowest BCUT2D eigenvalue weighted by Crippen LogP contribution is -2.38. The predicted octanol–water partition coefficient (Wildman–Crippen LogP) is 1.98. The van der Waals surface area contributed by atoms with Gasteiger partial charge in [0.1, 0.15) is 0 Å². The average Bonchev–Trinajstić information content (AvgIpc) is 2.91. The Kier molecular flexibility index (Phi) is 3.57. The maximum atomic E-state index is 12.3. The molecule has 0 saturated carbocycles. The van der Waals surface area contributed by atoms with Crippen molar-refractivity contribution in [3.05, 3.63) is 40.1 Å². The predicted molar refractivity (Wildman–Crippen MR) is 76.3 cm³/mol. The van der Waals surface area contributed by atoms with E-state index in [-0.39, 0.29) is 17.6 Å². The molecule has 0 atom stereocenters. The van der Waals surface area contributed by atoms with Gasteiger partial charge in [0.05, 0.1) is 16.0 Å². The Morgan fingerprint density at radius 3 is 2.86 bits per heavy atom. The number of nitrogens with zero attached hydrogens (tertiary/aromatic N) is 1. The van der Waals surface area contributed by atoms with Crippen molar-refractivity contribution in [2.45, 2.75) is 18.9 Å². The van der Waals surface area contributed by atoms with Gasteiger partial charge in [-0.3, -0.25) is 14.9 Å². The molecule has 7 nitrogen and oxygen atoms in total. The zero-order valence-corrected chi connectivity index (χ0v) is 11.3. The van der Waals surface area contributed by atoms with E-state index in [0.717, 1.165) is 12.8 Å². The van der Waals surface area contributed by atoms with Crippen molar-refractivity contribution in [3.63, 3.8) is 0 Å². The number of carbonyl (C=O) groups excluding carboxylic acids is 1. The molecule has 2 N–H and O–H groups in total. The van der Waals surface area contributed by atoms with Crippen molar-refractivity contribution in [1.82, 2.24) is 10.3 Å². The summed E-state index contributed by atoms with van der Waals surface area (Å²) in [5.74, 6) is -0.165. The van der Waals surface area contributed by atoms with Crippen molar-refractivity contribution < 1.29 is 14.5 Å². The number of benzene rings is 1. The second-order valence-electron chi connectivity index (χ2n) is 5.05.